The van der Waals surface area contributed by atoms with Gasteiger partial charge in [-0.2, -0.15) is 0 Å². The summed E-state index contributed by atoms with van der Waals surface area (Å²) in [5, 5.41) is 15.8. The third kappa shape index (κ3) is 3.13. The number of hydrogen-bond donors (Lipinski definition) is 2. The van der Waals surface area contributed by atoms with Crippen LogP contribution in [0.5, 0.6) is 0 Å². The summed E-state index contributed by atoms with van der Waals surface area (Å²) < 4.78 is 0. The molecule has 3 nitrogen and oxygen atoms in total. The van der Waals surface area contributed by atoms with Crippen LogP contribution in [0.4, 0.5) is 5.69 Å². The van der Waals surface area contributed by atoms with E-state index in [1.165, 1.54) is 0 Å². The van der Waals surface area contributed by atoms with Crippen molar-refractivity contribution in [2.24, 2.45) is 5.16 Å². The minimum Gasteiger partial charge on any atom is -0.411 e. The lowest BCUT2D eigenvalue weighted by atomic mass is 9.99. The van der Waals surface area contributed by atoms with Gasteiger partial charge in [-0.3, -0.25) is 0 Å². The average molecular weight is 227 g/mol. The Balaban J connectivity index is 2.86. The van der Waals surface area contributed by atoms with Gasteiger partial charge in [0.1, 0.15) is 0 Å². The molecule has 0 bridgehead atoms. The highest BCUT2D eigenvalue weighted by Gasteiger charge is 2.21. The van der Waals surface area contributed by atoms with Crippen LogP contribution in [-0.4, -0.2) is 16.5 Å². The summed E-state index contributed by atoms with van der Waals surface area (Å²) in [5.74, 6) is 0. The number of benzene rings is 1. The van der Waals surface area contributed by atoms with Gasteiger partial charge in [-0.15, -0.1) is 0 Å². The molecule has 0 heterocycles. The number of anilines is 1. The van der Waals surface area contributed by atoms with Gasteiger partial charge in [0, 0.05) is 10.7 Å². The molecule has 1 aromatic carbocycles. The standard InChI is InChI=1S/C11H15ClN2O/c1-8(14-15)11(2,3)13-10-6-4-5-9(12)7-10/h4-7,13,15H,1-3H3/b14-8+. The lowest BCUT2D eigenvalue weighted by molar-refractivity contribution is 0.314. The van der Waals surface area contributed by atoms with E-state index in [1.807, 2.05) is 38.1 Å². The number of halogens is 1. The second-order valence-electron chi connectivity index (χ2n) is 3.95. The molecule has 0 saturated heterocycles. The van der Waals surface area contributed by atoms with Crippen molar-refractivity contribution in [2.45, 2.75) is 26.3 Å². The van der Waals surface area contributed by atoms with Crippen molar-refractivity contribution in [2.75, 3.05) is 5.32 Å². The summed E-state index contributed by atoms with van der Waals surface area (Å²) >= 11 is 5.87. The molecule has 15 heavy (non-hydrogen) atoms. The van der Waals surface area contributed by atoms with Crippen molar-refractivity contribution in [3.05, 3.63) is 29.3 Å². The second-order valence-corrected chi connectivity index (χ2v) is 4.38. The molecule has 1 rings (SSSR count). The van der Waals surface area contributed by atoms with Crippen LogP contribution in [0.25, 0.3) is 0 Å². The fraction of sp³-hybridized carbons (Fsp3) is 0.364. The van der Waals surface area contributed by atoms with Gasteiger partial charge < -0.3 is 10.5 Å². The lowest BCUT2D eigenvalue weighted by Gasteiger charge is -2.26. The second kappa shape index (κ2) is 4.53. The molecule has 0 unspecified atom stereocenters. The Hall–Kier alpha value is -1.22. The number of rotatable bonds is 3. The van der Waals surface area contributed by atoms with Gasteiger partial charge in [-0.25, -0.2) is 0 Å². The van der Waals surface area contributed by atoms with Crippen molar-refractivity contribution in [1.29, 1.82) is 0 Å². The van der Waals surface area contributed by atoms with Gasteiger partial charge >= 0.3 is 0 Å². The first-order valence-corrected chi connectivity index (χ1v) is 5.06. The van der Waals surface area contributed by atoms with Gasteiger partial charge in [-0.1, -0.05) is 22.8 Å². The number of oxime groups is 1. The molecule has 82 valence electrons. The molecule has 4 heteroatoms. The molecule has 0 atom stereocenters. The Morgan fingerprint density at radius 3 is 2.67 bits per heavy atom. The first-order valence-electron chi connectivity index (χ1n) is 4.68. The van der Waals surface area contributed by atoms with E-state index in [0.717, 1.165) is 5.69 Å². The summed E-state index contributed by atoms with van der Waals surface area (Å²) in [6, 6.07) is 7.42. The largest absolute Gasteiger partial charge is 0.411 e. The van der Waals surface area contributed by atoms with Crippen molar-refractivity contribution >= 4 is 23.0 Å². The van der Waals surface area contributed by atoms with E-state index < -0.39 is 5.54 Å². The monoisotopic (exact) mass is 226 g/mol. The van der Waals surface area contributed by atoms with Crippen LogP contribution in [0.1, 0.15) is 20.8 Å². The molecular weight excluding hydrogens is 212 g/mol. The van der Waals surface area contributed by atoms with Gasteiger partial charge in [-0.05, 0) is 39.0 Å². The molecule has 0 amide bonds. The highest BCUT2D eigenvalue weighted by Crippen LogP contribution is 2.20. The minimum atomic E-state index is -0.403. The Kier molecular flexibility index (Phi) is 3.58. The van der Waals surface area contributed by atoms with Crippen LogP contribution in [0.3, 0.4) is 0 Å². The Morgan fingerprint density at radius 1 is 1.47 bits per heavy atom. The fourth-order valence-electron chi connectivity index (χ4n) is 1.14. The molecule has 0 aromatic heterocycles. The predicted octanol–water partition coefficient (Wildman–Crippen LogP) is 3.38. The zero-order valence-electron chi connectivity index (χ0n) is 9.08. The Labute approximate surface area is 94.8 Å². The molecule has 0 radical (unpaired) electrons. The first-order chi connectivity index (χ1) is 6.95. The third-order valence-electron chi connectivity index (χ3n) is 2.34. The molecule has 0 aliphatic rings. The summed E-state index contributed by atoms with van der Waals surface area (Å²) in [7, 11) is 0. The summed E-state index contributed by atoms with van der Waals surface area (Å²) in [6.45, 7) is 5.63. The van der Waals surface area contributed by atoms with Crippen molar-refractivity contribution in [3.63, 3.8) is 0 Å². The highest BCUT2D eigenvalue weighted by molar-refractivity contribution is 6.30. The lowest BCUT2D eigenvalue weighted by Crippen LogP contribution is -2.38. The number of nitrogens with one attached hydrogen (secondary N) is 1. The van der Waals surface area contributed by atoms with Crippen LogP contribution in [0, 0.1) is 0 Å². The Morgan fingerprint density at radius 2 is 2.13 bits per heavy atom. The topological polar surface area (TPSA) is 44.6 Å². The van der Waals surface area contributed by atoms with E-state index in [2.05, 4.69) is 10.5 Å². The van der Waals surface area contributed by atoms with Gasteiger partial charge in [0.25, 0.3) is 0 Å². The molecule has 1 aromatic rings. The van der Waals surface area contributed by atoms with E-state index in [-0.39, 0.29) is 0 Å². The quantitative estimate of drug-likeness (QED) is 0.472. The molecule has 0 saturated carbocycles. The highest BCUT2D eigenvalue weighted by atomic mass is 35.5. The number of hydrogen-bond acceptors (Lipinski definition) is 3. The van der Waals surface area contributed by atoms with E-state index >= 15 is 0 Å². The van der Waals surface area contributed by atoms with E-state index in [4.69, 9.17) is 16.8 Å². The van der Waals surface area contributed by atoms with Crippen LogP contribution < -0.4 is 5.32 Å². The van der Waals surface area contributed by atoms with E-state index in [0.29, 0.717) is 10.7 Å². The molecule has 0 aliphatic carbocycles. The smallest absolute Gasteiger partial charge is 0.0787 e. The van der Waals surface area contributed by atoms with Crippen LogP contribution in [0.2, 0.25) is 5.02 Å². The number of nitrogens with zero attached hydrogens (tertiary/aromatic N) is 1. The molecule has 0 aliphatic heterocycles. The van der Waals surface area contributed by atoms with Gasteiger partial charge in [0.2, 0.25) is 0 Å². The predicted molar refractivity (Wildman–Crippen MR) is 64.0 cm³/mol. The third-order valence-corrected chi connectivity index (χ3v) is 2.57. The maximum atomic E-state index is 8.72. The average Bonchev–Trinajstić information content (AvgIpc) is 2.15. The molecular formula is C11H15ClN2O. The minimum absolute atomic E-state index is 0.403. The first kappa shape index (κ1) is 11.9. The van der Waals surface area contributed by atoms with Crippen molar-refractivity contribution < 1.29 is 5.21 Å². The van der Waals surface area contributed by atoms with Gasteiger partial charge in [0.05, 0.1) is 11.3 Å². The van der Waals surface area contributed by atoms with Crippen molar-refractivity contribution in [1.82, 2.24) is 0 Å². The Bertz CT molecular complexity index is 375. The van der Waals surface area contributed by atoms with Gasteiger partial charge in [0.15, 0.2) is 0 Å². The summed E-state index contributed by atoms with van der Waals surface area (Å²) in [4.78, 5) is 0. The fourth-order valence-corrected chi connectivity index (χ4v) is 1.33. The summed E-state index contributed by atoms with van der Waals surface area (Å²) in [6.07, 6.45) is 0. The molecule has 0 spiro atoms. The maximum absolute atomic E-state index is 8.72. The van der Waals surface area contributed by atoms with Crippen LogP contribution >= 0.6 is 11.6 Å². The SMILES string of the molecule is C/C(=N\O)C(C)(C)Nc1cccc(Cl)c1. The summed E-state index contributed by atoms with van der Waals surface area (Å²) in [5.41, 5.74) is 1.11. The molecule has 0 fully saturated rings. The van der Waals surface area contributed by atoms with Crippen molar-refractivity contribution in [3.8, 4) is 0 Å². The van der Waals surface area contributed by atoms with Crippen LogP contribution in [0.15, 0.2) is 29.4 Å². The van der Waals surface area contributed by atoms with E-state index in [1.54, 1.807) is 6.92 Å². The molecule has 2 N–H and O–H groups in total. The van der Waals surface area contributed by atoms with Crippen LogP contribution in [-0.2, 0) is 0 Å². The zero-order chi connectivity index (χ0) is 11.5. The van der Waals surface area contributed by atoms with E-state index in [9.17, 15) is 0 Å². The normalized spacial score (nSPS) is 12.7. The maximum Gasteiger partial charge on any atom is 0.0787 e. The zero-order valence-corrected chi connectivity index (χ0v) is 9.84.